The first-order valence-electron chi connectivity index (χ1n) is 7.33. The van der Waals surface area contributed by atoms with Crippen molar-refractivity contribution in [2.75, 3.05) is 18.8 Å². The summed E-state index contributed by atoms with van der Waals surface area (Å²) in [4.78, 5) is 14.0. The molecule has 0 bridgehead atoms. The van der Waals surface area contributed by atoms with Crippen LogP contribution in [0.1, 0.15) is 37.7 Å². The van der Waals surface area contributed by atoms with Gasteiger partial charge in [0.2, 0.25) is 5.91 Å². The van der Waals surface area contributed by atoms with E-state index in [2.05, 4.69) is 6.92 Å². The number of rotatable bonds is 4. The smallest absolute Gasteiger partial charge is 0.223 e. The monoisotopic (exact) mass is 274 g/mol. The minimum absolute atomic E-state index is 0.139. The molecule has 1 heterocycles. The Balaban J connectivity index is 1.53. The van der Waals surface area contributed by atoms with E-state index < -0.39 is 5.60 Å². The van der Waals surface area contributed by atoms with Gasteiger partial charge in [-0.3, -0.25) is 4.79 Å². The molecule has 2 aliphatic rings. The minimum Gasteiger partial charge on any atom is -0.399 e. The van der Waals surface area contributed by atoms with Gasteiger partial charge in [0, 0.05) is 12.1 Å². The molecule has 0 radical (unpaired) electrons. The number of aliphatic hydroxyl groups is 1. The zero-order valence-electron chi connectivity index (χ0n) is 11.9. The third-order valence-corrected chi connectivity index (χ3v) is 4.61. The number of benzene rings is 1. The number of likely N-dealkylation sites (tertiary alicyclic amines) is 1. The van der Waals surface area contributed by atoms with Crippen LogP contribution in [0.25, 0.3) is 0 Å². The van der Waals surface area contributed by atoms with E-state index in [0.717, 1.165) is 24.1 Å². The van der Waals surface area contributed by atoms with Crippen molar-refractivity contribution < 1.29 is 9.90 Å². The molecule has 1 saturated heterocycles. The average Bonchev–Trinajstić information content (AvgIpc) is 3.20. The number of carbonyl (C=O) groups excluding carboxylic acids is 1. The number of hydrogen-bond acceptors (Lipinski definition) is 3. The van der Waals surface area contributed by atoms with Crippen LogP contribution in [0.15, 0.2) is 24.3 Å². The molecule has 1 aliphatic heterocycles. The van der Waals surface area contributed by atoms with E-state index in [1.165, 1.54) is 0 Å². The minimum atomic E-state index is -0.583. The van der Waals surface area contributed by atoms with Gasteiger partial charge in [-0.2, -0.15) is 0 Å². The summed E-state index contributed by atoms with van der Waals surface area (Å²) in [5, 5.41) is 10.2. The lowest BCUT2D eigenvalue weighted by molar-refractivity contribution is -0.159. The second-order valence-electron chi connectivity index (χ2n) is 6.40. The van der Waals surface area contributed by atoms with Crippen molar-refractivity contribution in [1.82, 2.24) is 4.90 Å². The van der Waals surface area contributed by atoms with Gasteiger partial charge in [-0.25, -0.2) is 0 Å². The summed E-state index contributed by atoms with van der Waals surface area (Å²) in [5.74, 6) is 0.749. The average molecular weight is 274 g/mol. The summed E-state index contributed by atoms with van der Waals surface area (Å²) in [6.45, 7) is 3.09. The molecular formula is C16H22N2O2. The highest BCUT2D eigenvalue weighted by atomic mass is 16.3. The van der Waals surface area contributed by atoms with Crippen molar-refractivity contribution in [3.63, 3.8) is 0 Å². The predicted molar refractivity (Wildman–Crippen MR) is 78.1 cm³/mol. The lowest BCUT2D eigenvalue weighted by atomic mass is 9.87. The van der Waals surface area contributed by atoms with Crippen LogP contribution in [0.3, 0.4) is 0 Å². The standard InChI is InChI=1S/C16H22N2O2/c1-11(12-2-6-14(17)7-3-12)8-15(19)18-9-16(20,10-18)13-4-5-13/h2-3,6-7,11,13,20H,4-5,8-10,17H2,1H3. The van der Waals surface area contributed by atoms with E-state index in [-0.39, 0.29) is 11.8 Å². The summed E-state index contributed by atoms with van der Waals surface area (Å²) in [5.41, 5.74) is 6.96. The van der Waals surface area contributed by atoms with Crippen LogP contribution in [0.4, 0.5) is 5.69 Å². The Labute approximate surface area is 119 Å². The van der Waals surface area contributed by atoms with E-state index in [1.807, 2.05) is 24.3 Å². The van der Waals surface area contributed by atoms with E-state index in [9.17, 15) is 9.90 Å². The van der Waals surface area contributed by atoms with Gasteiger partial charge in [0.05, 0.1) is 13.1 Å². The SMILES string of the molecule is CC(CC(=O)N1CC(O)(C2CC2)C1)c1ccc(N)cc1. The maximum Gasteiger partial charge on any atom is 0.223 e. The Morgan fingerprint density at radius 3 is 2.55 bits per heavy atom. The van der Waals surface area contributed by atoms with Crippen molar-refractivity contribution in [2.45, 2.75) is 37.7 Å². The number of β-amino-alcohol motifs (C(OH)–C–C–N with tert-alkyl or cyclic N) is 1. The molecule has 1 aliphatic carbocycles. The zero-order valence-corrected chi connectivity index (χ0v) is 11.9. The Kier molecular flexibility index (Phi) is 3.21. The second kappa shape index (κ2) is 4.77. The van der Waals surface area contributed by atoms with Crippen molar-refractivity contribution in [3.8, 4) is 0 Å². The van der Waals surface area contributed by atoms with Gasteiger partial charge >= 0.3 is 0 Å². The first-order valence-corrected chi connectivity index (χ1v) is 7.33. The molecule has 3 rings (SSSR count). The summed E-state index contributed by atoms with van der Waals surface area (Å²) < 4.78 is 0. The van der Waals surface area contributed by atoms with Crippen LogP contribution >= 0.6 is 0 Å². The molecule has 2 fully saturated rings. The maximum absolute atomic E-state index is 12.2. The topological polar surface area (TPSA) is 66.6 Å². The molecule has 4 nitrogen and oxygen atoms in total. The Morgan fingerprint density at radius 2 is 2.00 bits per heavy atom. The summed E-state index contributed by atoms with van der Waals surface area (Å²) in [6, 6.07) is 7.69. The maximum atomic E-state index is 12.2. The fourth-order valence-corrected chi connectivity index (χ4v) is 3.00. The number of hydrogen-bond donors (Lipinski definition) is 2. The van der Waals surface area contributed by atoms with Gasteiger partial charge in [0.25, 0.3) is 0 Å². The fourth-order valence-electron chi connectivity index (χ4n) is 3.00. The van der Waals surface area contributed by atoms with Gasteiger partial charge in [-0.05, 0) is 42.4 Å². The molecule has 1 atom stereocenters. The van der Waals surface area contributed by atoms with Crippen LogP contribution < -0.4 is 5.73 Å². The highest BCUT2D eigenvalue weighted by Crippen LogP contribution is 2.44. The molecule has 108 valence electrons. The molecule has 4 heteroatoms. The highest BCUT2D eigenvalue weighted by Gasteiger charge is 2.53. The van der Waals surface area contributed by atoms with Gasteiger partial charge in [0.1, 0.15) is 5.60 Å². The quantitative estimate of drug-likeness (QED) is 0.822. The van der Waals surface area contributed by atoms with E-state index in [1.54, 1.807) is 4.90 Å². The van der Waals surface area contributed by atoms with E-state index in [0.29, 0.717) is 25.4 Å². The van der Waals surface area contributed by atoms with Crippen LogP contribution in [0.5, 0.6) is 0 Å². The van der Waals surface area contributed by atoms with Crippen molar-refractivity contribution in [3.05, 3.63) is 29.8 Å². The van der Waals surface area contributed by atoms with Gasteiger partial charge in [-0.1, -0.05) is 19.1 Å². The fraction of sp³-hybridized carbons (Fsp3) is 0.562. The lowest BCUT2D eigenvalue weighted by Gasteiger charge is -2.47. The third-order valence-electron chi connectivity index (χ3n) is 4.61. The molecule has 20 heavy (non-hydrogen) atoms. The predicted octanol–water partition coefficient (Wildman–Crippen LogP) is 1.75. The summed E-state index contributed by atoms with van der Waals surface area (Å²) >= 11 is 0. The van der Waals surface area contributed by atoms with Gasteiger partial charge in [0.15, 0.2) is 0 Å². The largest absolute Gasteiger partial charge is 0.399 e. The first kappa shape index (κ1) is 13.4. The molecule has 1 saturated carbocycles. The number of anilines is 1. The number of amides is 1. The zero-order chi connectivity index (χ0) is 14.3. The van der Waals surface area contributed by atoms with E-state index >= 15 is 0 Å². The van der Waals surface area contributed by atoms with Crippen molar-refractivity contribution in [2.24, 2.45) is 5.92 Å². The normalized spacial score (nSPS) is 22.2. The Bertz CT molecular complexity index is 502. The molecular weight excluding hydrogens is 252 g/mol. The number of nitrogen functional groups attached to an aromatic ring is 1. The number of nitrogens with two attached hydrogens (primary N) is 1. The Hall–Kier alpha value is -1.55. The molecule has 1 aromatic carbocycles. The van der Waals surface area contributed by atoms with Crippen LogP contribution in [0.2, 0.25) is 0 Å². The molecule has 1 aromatic rings. The van der Waals surface area contributed by atoms with Crippen LogP contribution in [-0.2, 0) is 4.79 Å². The molecule has 0 spiro atoms. The molecule has 1 amide bonds. The van der Waals surface area contributed by atoms with Crippen LogP contribution in [0, 0.1) is 5.92 Å². The first-order chi connectivity index (χ1) is 9.48. The lowest BCUT2D eigenvalue weighted by Crippen LogP contribution is -2.64. The van der Waals surface area contributed by atoms with Gasteiger partial charge < -0.3 is 15.7 Å². The third kappa shape index (κ3) is 2.52. The van der Waals surface area contributed by atoms with E-state index in [4.69, 9.17) is 5.73 Å². The number of carbonyl (C=O) groups is 1. The van der Waals surface area contributed by atoms with Crippen LogP contribution in [-0.4, -0.2) is 34.6 Å². The van der Waals surface area contributed by atoms with Gasteiger partial charge in [-0.15, -0.1) is 0 Å². The highest BCUT2D eigenvalue weighted by molar-refractivity contribution is 5.78. The Morgan fingerprint density at radius 1 is 1.40 bits per heavy atom. The molecule has 1 unspecified atom stereocenters. The summed E-state index contributed by atoms with van der Waals surface area (Å²) in [6.07, 6.45) is 2.71. The molecule has 0 aromatic heterocycles. The molecule has 3 N–H and O–H groups in total. The summed E-state index contributed by atoms with van der Waals surface area (Å²) in [7, 11) is 0. The van der Waals surface area contributed by atoms with Crippen molar-refractivity contribution >= 4 is 11.6 Å². The number of nitrogens with zero attached hydrogens (tertiary/aromatic N) is 1. The van der Waals surface area contributed by atoms with Crippen molar-refractivity contribution in [1.29, 1.82) is 0 Å². The second-order valence-corrected chi connectivity index (χ2v) is 6.40.